The number of nitro groups is 1. The van der Waals surface area contributed by atoms with Crippen molar-refractivity contribution in [2.75, 3.05) is 19.7 Å². The molecule has 1 amide bonds. The van der Waals surface area contributed by atoms with E-state index in [1.54, 1.807) is 32.6 Å². The van der Waals surface area contributed by atoms with Crippen molar-refractivity contribution < 1.29 is 19.6 Å². The lowest BCUT2D eigenvalue weighted by molar-refractivity contribution is -0.540. The van der Waals surface area contributed by atoms with Crippen LogP contribution in [0.3, 0.4) is 0 Å². The number of hydrogen-bond acceptors (Lipinski definition) is 5. The van der Waals surface area contributed by atoms with Gasteiger partial charge in [0.2, 0.25) is 6.04 Å². The molecule has 0 spiro atoms. The molecular weight excluding hydrogens is 276 g/mol. The number of carbonyl (C=O) groups excluding carboxylic acids is 1. The van der Waals surface area contributed by atoms with Crippen molar-refractivity contribution in [1.82, 2.24) is 4.90 Å². The third-order valence-electron chi connectivity index (χ3n) is 4.22. The average Bonchev–Trinajstić information content (AvgIpc) is 2.36. The molecule has 1 saturated heterocycles. The number of hydrogen-bond donors (Lipinski definition) is 1. The highest BCUT2D eigenvalue weighted by molar-refractivity contribution is 5.68. The lowest BCUT2D eigenvalue weighted by Crippen LogP contribution is -2.50. The van der Waals surface area contributed by atoms with Crippen molar-refractivity contribution in [3.63, 3.8) is 0 Å². The Morgan fingerprint density at radius 1 is 1.43 bits per heavy atom. The van der Waals surface area contributed by atoms with Gasteiger partial charge in [0.05, 0.1) is 0 Å². The molecule has 0 aromatic heterocycles. The molecule has 0 aromatic carbocycles. The lowest BCUT2D eigenvalue weighted by atomic mass is 9.71. The van der Waals surface area contributed by atoms with Crippen LogP contribution < -0.4 is 0 Å². The zero-order valence-electron chi connectivity index (χ0n) is 13.3. The number of likely N-dealkylation sites (tertiary alicyclic amines) is 1. The predicted octanol–water partition coefficient (Wildman–Crippen LogP) is 2.05. The summed E-state index contributed by atoms with van der Waals surface area (Å²) in [7, 11) is 0. The second-order valence-electron chi connectivity index (χ2n) is 6.76. The van der Waals surface area contributed by atoms with E-state index in [2.05, 4.69) is 0 Å². The molecular formula is C14H26N2O5. The molecule has 122 valence electrons. The zero-order valence-corrected chi connectivity index (χ0v) is 13.3. The number of nitrogens with zero attached hydrogens (tertiary/aromatic N) is 2. The molecule has 0 bridgehead atoms. The molecule has 1 aliphatic rings. The number of aliphatic hydroxyl groups is 1. The number of rotatable bonds is 4. The van der Waals surface area contributed by atoms with Crippen LogP contribution >= 0.6 is 0 Å². The highest BCUT2D eigenvalue weighted by Crippen LogP contribution is 2.39. The molecule has 1 N–H and O–H groups in total. The smallest absolute Gasteiger partial charge is 0.410 e. The van der Waals surface area contributed by atoms with Crippen molar-refractivity contribution in [3.8, 4) is 0 Å². The minimum Gasteiger partial charge on any atom is -0.444 e. The largest absolute Gasteiger partial charge is 0.444 e. The molecule has 1 aliphatic heterocycles. The van der Waals surface area contributed by atoms with Gasteiger partial charge in [0.15, 0.2) is 0 Å². The molecule has 1 fully saturated rings. The standard InChI is InChI=1S/C14H26N2O5/c1-11(16(19)20)14(7-10-17)5-8-15(9-6-14)12(18)21-13(2,3)4/h11,17H,5-10H2,1-4H3. The number of ether oxygens (including phenoxy) is 1. The Bertz CT molecular complexity index is 383. The Kier molecular flexibility index (Phi) is 5.55. The van der Waals surface area contributed by atoms with Gasteiger partial charge in [0.1, 0.15) is 5.60 Å². The highest BCUT2D eigenvalue weighted by atomic mass is 16.6. The molecule has 21 heavy (non-hydrogen) atoms. The van der Waals surface area contributed by atoms with Crippen molar-refractivity contribution in [1.29, 1.82) is 0 Å². The summed E-state index contributed by atoms with van der Waals surface area (Å²) in [5.41, 5.74) is -1.10. The van der Waals surface area contributed by atoms with Crippen LogP contribution in [0.4, 0.5) is 4.79 Å². The van der Waals surface area contributed by atoms with Crippen LogP contribution in [-0.4, -0.2) is 52.4 Å². The monoisotopic (exact) mass is 302 g/mol. The fourth-order valence-corrected chi connectivity index (χ4v) is 2.78. The molecule has 7 heteroatoms. The van der Waals surface area contributed by atoms with Crippen molar-refractivity contribution in [2.45, 2.75) is 58.6 Å². The fourth-order valence-electron chi connectivity index (χ4n) is 2.78. The Labute approximate surface area is 125 Å². The van der Waals surface area contributed by atoms with E-state index < -0.39 is 17.1 Å². The lowest BCUT2D eigenvalue weighted by Gasteiger charge is -2.41. The molecule has 1 heterocycles. The van der Waals surface area contributed by atoms with Crippen LogP contribution in [0.15, 0.2) is 0 Å². The van der Waals surface area contributed by atoms with E-state index in [0.29, 0.717) is 32.4 Å². The van der Waals surface area contributed by atoms with Crippen LogP contribution in [0.1, 0.15) is 47.0 Å². The van der Waals surface area contributed by atoms with Crippen LogP contribution in [0.2, 0.25) is 0 Å². The van der Waals surface area contributed by atoms with Gasteiger partial charge >= 0.3 is 6.09 Å². The van der Waals surface area contributed by atoms with E-state index in [0.717, 1.165) is 0 Å². The Balaban J connectivity index is 2.71. The first kappa shape index (κ1) is 17.7. The number of aliphatic hydroxyl groups excluding tert-OH is 1. The van der Waals surface area contributed by atoms with Gasteiger partial charge in [-0.15, -0.1) is 0 Å². The van der Waals surface area contributed by atoms with Gasteiger partial charge < -0.3 is 14.7 Å². The van der Waals surface area contributed by atoms with Crippen LogP contribution in [0, 0.1) is 15.5 Å². The number of carbonyl (C=O) groups is 1. The Morgan fingerprint density at radius 3 is 2.33 bits per heavy atom. The summed E-state index contributed by atoms with van der Waals surface area (Å²) in [6, 6.07) is -0.731. The molecule has 0 aliphatic carbocycles. The fraction of sp³-hybridized carbons (Fsp3) is 0.929. The molecule has 7 nitrogen and oxygen atoms in total. The quantitative estimate of drug-likeness (QED) is 0.633. The van der Waals surface area contributed by atoms with Crippen molar-refractivity contribution >= 4 is 6.09 Å². The van der Waals surface area contributed by atoms with Gasteiger partial charge in [0.25, 0.3) is 0 Å². The summed E-state index contributed by atoms with van der Waals surface area (Å²) in [4.78, 5) is 24.4. The predicted molar refractivity (Wildman–Crippen MR) is 77.6 cm³/mol. The molecule has 0 radical (unpaired) electrons. The van der Waals surface area contributed by atoms with Gasteiger partial charge in [-0.1, -0.05) is 0 Å². The summed E-state index contributed by atoms with van der Waals surface area (Å²) >= 11 is 0. The first-order chi connectivity index (χ1) is 9.61. The Hall–Kier alpha value is -1.37. The van der Waals surface area contributed by atoms with Gasteiger partial charge in [-0.05, 0) is 40.0 Å². The second-order valence-corrected chi connectivity index (χ2v) is 6.76. The van der Waals surface area contributed by atoms with E-state index in [9.17, 15) is 20.0 Å². The van der Waals surface area contributed by atoms with Gasteiger partial charge in [0, 0.05) is 37.0 Å². The minimum atomic E-state index is -0.731. The van der Waals surface area contributed by atoms with Gasteiger partial charge in [-0.3, -0.25) is 10.1 Å². The molecule has 0 aromatic rings. The summed E-state index contributed by atoms with van der Waals surface area (Å²) in [6.07, 6.45) is 1.02. The van der Waals surface area contributed by atoms with E-state index in [-0.39, 0.29) is 17.6 Å². The summed E-state index contributed by atoms with van der Waals surface area (Å²) < 4.78 is 5.32. The topological polar surface area (TPSA) is 92.9 Å². The molecule has 1 rings (SSSR count). The normalized spacial score (nSPS) is 20.0. The van der Waals surface area contributed by atoms with Crippen LogP contribution in [-0.2, 0) is 4.74 Å². The Morgan fingerprint density at radius 2 is 1.95 bits per heavy atom. The van der Waals surface area contributed by atoms with Crippen LogP contribution in [0.5, 0.6) is 0 Å². The second kappa shape index (κ2) is 6.60. The maximum atomic E-state index is 12.0. The summed E-state index contributed by atoms with van der Waals surface area (Å²) in [5.74, 6) is 0. The number of piperidine rings is 1. The maximum absolute atomic E-state index is 12.0. The zero-order chi connectivity index (χ0) is 16.3. The number of amides is 1. The summed E-state index contributed by atoms with van der Waals surface area (Å²) in [5, 5.41) is 20.3. The summed E-state index contributed by atoms with van der Waals surface area (Å²) in [6.45, 7) is 7.77. The van der Waals surface area contributed by atoms with E-state index in [4.69, 9.17) is 4.74 Å². The van der Waals surface area contributed by atoms with Gasteiger partial charge in [-0.2, -0.15) is 0 Å². The average molecular weight is 302 g/mol. The first-order valence-corrected chi connectivity index (χ1v) is 7.33. The first-order valence-electron chi connectivity index (χ1n) is 7.33. The van der Waals surface area contributed by atoms with Gasteiger partial charge in [-0.25, -0.2) is 4.79 Å². The SMILES string of the molecule is CC([N+](=O)[O-])C1(CCO)CCN(C(=O)OC(C)(C)C)CC1. The highest BCUT2D eigenvalue weighted by Gasteiger charge is 2.46. The third-order valence-corrected chi connectivity index (χ3v) is 4.22. The van der Waals surface area contributed by atoms with Crippen molar-refractivity contribution in [2.24, 2.45) is 5.41 Å². The van der Waals surface area contributed by atoms with Crippen molar-refractivity contribution in [3.05, 3.63) is 10.1 Å². The van der Waals surface area contributed by atoms with Crippen LogP contribution in [0.25, 0.3) is 0 Å². The minimum absolute atomic E-state index is 0.0788. The molecule has 1 atom stereocenters. The maximum Gasteiger partial charge on any atom is 0.410 e. The molecule has 1 unspecified atom stereocenters. The molecule has 0 saturated carbocycles. The van der Waals surface area contributed by atoms with E-state index in [1.165, 1.54) is 0 Å². The third kappa shape index (κ3) is 4.56. The van der Waals surface area contributed by atoms with E-state index >= 15 is 0 Å². The van der Waals surface area contributed by atoms with E-state index in [1.807, 2.05) is 0 Å².